The van der Waals surface area contributed by atoms with Gasteiger partial charge in [0, 0.05) is 19.3 Å². The zero-order chi connectivity index (χ0) is 30.2. The molecule has 0 N–H and O–H groups in total. The molecular formula is C32H32O8SSi. The molecule has 0 aromatic heterocycles. The van der Waals surface area contributed by atoms with Gasteiger partial charge in [0.05, 0.1) is 11.1 Å². The molecule has 42 heavy (non-hydrogen) atoms. The lowest BCUT2D eigenvalue weighted by molar-refractivity contribution is -0.170. The molecular weight excluding hydrogens is 572 g/mol. The summed E-state index contributed by atoms with van der Waals surface area (Å²) in [6.45, 7) is 5.77. The van der Waals surface area contributed by atoms with Crippen LogP contribution in [0.15, 0.2) is 91.0 Å². The number of para-hydroxylation sites is 1. The first kappa shape index (κ1) is 30.9. The Morgan fingerprint density at radius 2 is 1.40 bits per heavy atom. The van der Waals surface area contributed by atoms with Crippen LogP contribution in [0.2, 0.25) is 19.6 Å². The first-order valence-electron chi connectivity index (χ1n) is 13.3. The first-order valence-corrected chi connectivity index (χ1v) is 17.2. The maximum absolute atomic E-state index is 13.4. The van der Waals surface area contributed by atoms with Crippen molar-refractivity contribution in [2.75, 3.05) is 13.7 Å². The van der Waals surface area contributed by atoms with Crippen LogP contribution >= 0.6 is 12.2 Å². The molecule has 4 rings (SSSR count). The number of esters is 2. The third-order valence-electron chi connectivity index (χ3n) is 6.08. The Hall–Kier alpha value is -4.01. The lowest BCUT2D eigenvalue weighted by atomic mass is 9.96. The van der Waals surface area contributed by atoms with Crippen LogP contribution in [-0.2, 0) is 23.7 Å². The molecule has 0 amide bonds. The highest BCUT2D eigenvalue weighted by Gasteiger charge is 2.60. The van der Waals surface area contributed by atoms with Crippen LogP contribution in [0.3, 0.4) is 0 Å². The van der Waals surface area contributed by atoms with E-state index in [0.717, 1.165) is 0 Å². The number of carbonyl (C=O) groups excluding carboxylic acids is 2. The van der Waals surface area contributed by atoms with Gasteiger partial charge >= 0.3 is 17.2 Å². The average molecular weight is 605 g/mol. The second kappa shape index (κ2) is 13.8. The summed E-state index contributed by atoms with van der Waals surface area (Å²) < 4.78 is 35.4. The van der Waals surface area contributed by atoms with Crippen LogP contribution in [0.4, 0.5) is 0 Å². The molecule has 8 nitrogen and oxygen atoms in total. The summed E-state index contributed by atoms with van der Waals surface area (Å²) >= 11 is 5.39. The minimum absolute atomic E-state index is 0.243. The van der Waals surface area contributed by atoms with E-state index in [0.29, 0.717) is 16.9 Å². The maximum Gasteiger partial charge on any atom is 0.358 e. The molecule has 1 heterocycles. The van der Waals surface area contributed by atoms with Crippen molar-refractivity contribution in [2.45, 2.75) is 43.7 Å². The SMILES string of the molecule is COC1O[C@@](C#C[Si](C)(C)C)(COC(=O)c2ccccc2)[C@H](OC(=O)c2ccccc2)[C@H]1OC(=S)Oc1ccccc1. The highest BCUT2D eigenvalue weighted by molar-refractivity contribution is 7.79. The minimum atomic E-state index is -2.02. The van der Waals surface area contributed by atoms with Crippen molar-refractivity contribution in [1.29, 1.82) is 0 Å². The lowest BCUT2D eigenvalue weighted by Crippen LogP contribution is -2.50. The Kier molecular flexibility index (Phi) is 10.1. The molecule has 0 radical (unpaired) electrons. The number of carbonyl (C=O) groups is 2. The second-order valence-corrected chi connectivity index (χ2v) is 15.6. The van der Waals surface area contributed by atoms with Crippen LogP contribution in [0.5, 0.6) is 5.75 Å². The molecule has 1 unspecified atom stereocenters. The van der Waals surface area contributed by atoms with Gasteiger partial charge in [-0.15, -0.1) is 5.54 Å². The summed E-state index contributed by atoms with van der Waals surface area (Å²) in [5, 5.41) is -0.243. The van der Waals surface area contributed by atoms with E-state index < -0.39 is 44.1 Å². The van der Waals surface area contributed by atoms with Gasteiger partial charge in [-0.3, -0.25) is 0 Å². The van der Waals surface area contributed by atoms with Crippen molar-refractivity contribution in [1.82, 2.24) is 0 Å². The number of hydrogen-bond acceptors (Lipinski definition) is 9. The zero-order valence-corrected chi connectivity index (χ0v) is 25.6. The fourth-order valence-electron chi connectivity index (χ4n) is 4.07. The monoisotopic (exact) mass is 604 g/mol. The van der Waals surface area contributed by atoms with Crippen molar-refractivity contribution in [2.24, 2.45) is 0 Å². The molecule has 1 aliphatic rings. The molecule has 4 atom stereocenters. The van der Waals surface area contributed by atoms with Crippen molar-refractivity contribution in [3.63, 3.8) is 0 Å². The molecule has 1 fully saturated rings. The highest BCUT2D eigenvalue weighted by atomic mass is 32.1. The van der Waals surface area contributed by atoms with E-state index >= 15 is 0 Å². The van der Waals surface area contributed by atoms with Gasteiger partial charge in [-0.05, 0) is 36.4 Å². The Morgan fingerprint density at radius 3 is 1.95 bits per heavy atom. The molecule has 0 aliphatic carbocycles. The van der Waals surface area contributed by atoms with E-state index in [9.17, 15) is 9.59 Å². The van der Waals surface area contributed by atoms with Crippen LogP contribution < -0.4 is 4.74 Å². The van der Waals surface area contributed by atoms with E-state index in [4.69, 9.17) is 40.6 Å². The number of ether oxygens (including phenoxy) is 6. The van der Waals surface area contributed by atoms with Gasteiger partial charge in [-0.1, -0.05) is 80.2 Å². The Balaban J connectivity index is 1.72. The van der Waals surface area contributed by atoms with Crippen molar-refractivity contribution >= 4 is 37.5 Å². The van der Waals surface area contributed by atoms with Gasteiger partial charge in [0.25, 0.3) is 0 Å². The summed E-state index contributed by atoms with van der Waals surface area (Å²) in [5.41, 5.74) is 2.27. The van der Waals surface area contributed by atoms with Gasteiger partial charge in [-0.25, -0.2) is 9.59 Å². The van der Waals surface area contributed by atoms with E-state index in [2.05, 4.69) is 11.5 Å². The summed E-state index contributed by atoms with van der Waals surface area (Å²) in [6.07, 6.45) is -3.47. The molecule has 3 aromatic rings. The van der Waals surface area contributed by atoms with Crippen molar-refractivity contribution < 1.29 is 38.0 Å². The standard InChI is InChI=1S/C32H32O8SSi/c1-35-30-26(38-31(41)37-25-18-12-7-13-19-25)27(39-29(34)24-16-10-6-11-17-24)32(40-30,20-21-42(2,3)4)22-36-28(33)23-14-8-5-9-15-23/h5-19,26-27,30H,22H2,1-4H3/t26-,27-,30?,32+/m1/s1. The fourth-order valence-corrected chi connectivity index (χ4v) is 4.86. The van der Waals surface area contributed by atoms with E-state index in [1.807, 2.05) is 25.7 Å². The van der Waals surface area contributed by atoms with Crippen molar-refractivity contribution in [3.8, 4) is 17.2 Å². The third-order valence-corrected chi connectivity index (χ3v) is 7.14. The summed E-state index contributed by atoms with van der Waals surface area (Å²) in [7, 11) is -0.604. The van der Waals surface area contributed by atoms with Crippen LogP contribution in [0.1, 0.15) is 20.7 Å². The molecule has 10 heteroatoms. The predicted molar refractivity (Wildman–Crippen MR) is 163 cm³/mol. The molecule has 1 aliphatic heterocycles. The van der Waals surface area contributed by atoms with E-state index in [1.54, 1.807) is 84.9 Å². The summed E-state index contributed by atoms with van der Waals surface area (Å²) in [5.74, 6) is 2.36. The topological polar surface area (TPSA) is 89.5 Å². The Bertz CT molecular complexity index is 1430. The summed E-state index contributed by atoms with van der Waals surface area (Å²) in [6, 6.07) is 25.8. The fraction of sp³-hybridized carbons (Fsp3) is 0.281. The zero-order valence-electron chi connectivity index (χ0n) is 23.8. The van der Waals surface area contributed by atoms with Gasteiger partial charge in [0.1, 0.15) is 20.4 Å². The molecule has 0 saturated carbocycles. The Labute approximate surface area is 251 Å². The predicted octanol–water partition coefficient (Wildman–Crippen LogP) is 5.44. The molecule has 3 aromatic carbocycles. The van der Waals surface area contributed by atoms with Crippen LogP contribution in [0, 0.1) is 11.5 Å². The quantitative estimate of drug-likeness (QED) is 0.144. The lowest BCUT2D eigenvalue weighted by Gasteiger charge is -2.30. The number of thiocarbonyl (C=S) groups is 1. The van der Waals surface area contributed by atoms with Gasteiger partial charge < -0.3 is 28.4 Å². The Morgan fingerprint density at radius 1 is 0.857 bits per heavy atom. The molecule has 218 valence electrons. The van der Waals surface area contributed by atoms with Gasteiger partial charge in [0.15, 0.2) is 12.2 Å². The normalized spacial score (nSPS) is 21.4. The van der Waals surface area contributed by atoms with Crippen molar-refractivity contribution in [3.05, 3.63) is 102 Å². The van der Waals surface area contributed by atoms with E-state index in [1.165, 1.54) is 7.11 Å². The maximum atomic E-state index is 13.4. The largest absolute Gasteiger partial charge is 0.458 e. The smallest absolute Gasteiger partial charge is 0.358 e. The number of benzene rings is 3. The van der Waals surface area contributed by atoms with Gasteiger partial charge in [0.2, 0.25) is 11.9 Å². The second-order valence-electron chi connectivity index (χ2n) is 10.5. The molecule has 1 saturated heterocycles. The summed E-state index contributed by atoms with van der Waals surface area (Å²) in [4.78, 5) is 26.4. The van der Waals surface area contributed by atoms with Crippen LogP contribution in [0.25, 0.3) is 0 Å². The first-order chi connectivity index (χ1) is 20.1. The molecule has 0 bridgehead atoms. The van der Waals surface area contributed by atoms with E-state index in [-0.39, 0.29) is 11.8 Å². The number of methoxy groups -OCH3 is 1. The minimum Gasteiger partial charge on any atom is -0.458 e. The van der Waals surface area contributed by atoms with Gasteiger partial charge in [-0.2, -0.15) is 0 Å². The molecule has 0 spiro atoms. The average Bonchev–Trinajstić information content (AvgIpc) is 3.27. The number of rotatable bonds is 8. The third kappa shape index (κ3) is 8.05. The number of hydrogen-bond donors (Lipinski definition) is 0. The highest BCUT2D eigenvalue weighted by Crippen LogP contribution is 2.37. The van der Waals surface area contributed by atoms with Crippen LogP contribution in [-0.4, -0.2) is 63.1 Å².